The van der Waals surface area contributed by atoms with Crippen LogP contribution in [0.15, 0.2) is 42.5 Å². The molecule has 2 nitrogen and oxygen atoms in total. The van der Waals surface area contributed by atoms with E-state index >= 15 is 0 Å². The first-order valence-corrected chi connectivity index (χ1v) is 6.64. The second kappa shape index (κ2) is 6.06. The molecule has 2 aromatic carbocycles. The Bertz CT molecular complexity index is 630. The fourth-order valence-electron chi connectivity index (χ4n) is 2.18. The molecule has 0 aliphatic carbocycles. The molecular weight excluding hydrogens is 277 g/mol. The fraction of sp³-hybridized carbons (Fsp3) is 0.188. The van der Waals surface area contributed by atoms with Crippen LogP contribution < -0.4 is 4.90 Å². The Labute approximate surface area is 122 Å². The number of anilines is 1. The van der Waals surface area contributed by atoms with E-state index in [0.29, 0.717) is 22.6 Å². The minimum absolute atomic E-state index is 0.107. The lowest BCUT2D eigenvalue weighted by atomic mass is 10.1. The highest BCUT2D eigenvalue weighted by Gasteiger charge is 2.18. The maximum atomic E-state index is 14.0. The van der Waals surface area contributed by atoms with Crippen LogP contribution in [0, 0.1) is 5.82 Å². The van der Waals surface area contributed by atoms with Crippen molar-refractivity contribution in [2.24, 2.45) is 0 Å². The molecule has 0 radical (unpaired) electrons. The summed E-state index contributed by atoms with van der Waals surface area (Å²) in [5, 5.41) is 0.631. The molecule has 2 aromatic rings. The molecule has 1 atom stereocenters. The van der Waals surface area contributed by atoms with Crippen molar-refractivity contribution in [3.63, 3.8) is 0 Å². The number of hydrogen-bond acceptors (Lipinski definition) is 2. The number of para-hydroxylation sites is 1. The molecule has 1 unspecified atom stereocenters. The summed E-state index contributed by atoms with van der Waals surface area (Å²) in [6, 6.07) is 11.8. The molecule has 0 saturated heterocycles. The number of rotatable bonds is 4. The van der Waals surface area contributed by atoms with Crippen LogP contribution in [0.4, 0.5) is 10.1 Å². The summed E-state index contributed by atoms with van der Waals surface area (Å²) in [5.41, 5.74) is 1.59. The van der Waals surface area contributed by atoms with Crippen molar-refractivity contribution < 1.29 is 9.18 Å². The van der Waals surface area contributed by atoms with Gasteiger partial charge < -0.3 is 4.90 Å². The zero-order valence-corrected chi connectivity index (χ0v) is 12.1. The molecule has 0 aliphatic rings. The number of halogens is 2. The largest absolute Gasteiger partial charge is 0.365 e. The van der Waals surface area contributed by atoms with Crippen LogP contribution in [0.25, 0.3) is 0 Å². The van der Waals surface area contributed by atoms with Gasteiger partial charge in [-0.2, -0.15) is 0 Å². The quantitative estimate of drug-likeness (QED) is 0.774. The van der Waals surface area contributed by atoms with Crippen LogP contribution in [0.2, 0.25) is 5.02 Å². The molecule has 0 amide bonds. The standard InChI is InChI=1S/C16H15ClFNO/c1-11(12-5-3-7-14(17)9-12)19(2)16-13(10-20)6-4-8-15(16)18/h3-11H,1-2H3. The van der Waals surface area contributed by atoms with E-state index in [9.17, 15) is 9.18 Å². The zero-order chi connectivity index (χ0) is 14.7. The normalized spacial score (nSPS) is 12.0. The molecule has 20 heavy (non-hydrogen) atoms. The number of carbonyl (C=O) groups is 1. The number of benzene rings is 2. The van der Waals surface area contributed by atoms with E-state index in [1.807, 2.05) is 25.1 Å². The third-order valence-corrected chi connectivity index (χ3v) is 3.64. The minimum Gasteiger partial charge on any atom is -0.365 e. The van der Waals surface area contributed by atoms with Gasteiger partial charge in [-0.25, -0.2) is 4.39 Å². The Hall–Kier alpha value is -1.87. The highest BCUT2D eigenvalue weighted by atomic mass is 35.5. The van der Waals surface area contributed by atoms with E-state index in [1.165, 1.54) is 12.1 Å². The van der Waals surface area contributed by atoms with Crippen LogP contribution in [0.5, 0.6) is 0 Å². The Balaban J connectivity index is 2.41. The number of aldehydes is 1. The number of hydrogen-bond donors (Lipinski definition) is 0. The summed E-state index contributed by atoms with van der Waals surface area (Å²) >= 11 is 5.98. The molecule has 104 valence electrons. The van der Waals surface area contributed by atoms with Crippen LogP contribution >= 0.6 is 11.6 Å². The molecule has 0 fully saturated rings. The summed E-state index contributed by atoms with van der Waals surface area (Å²) in [5.74, 6) is -0.411. The molecule has 0 heterocycles. The molecular formula is C16H15ClFNO. The van der Waals surface area contributed by atoms with Crippen molar-refractivity contribution in [2.45, 2.75) is 13.0 Å². The smallest absolute Gasteiger partial charge is 0.152 e. The third-order valence-electron chi connectivity index (χ3n) is 3.41. The molecule has 0 aromatic heterocycles. The predicted molar refractivity (Wildman–Crippen MR) is 80.1 cm³/mol. The fourth-order valence-corrected chi connectivity index (χ4v) is 2.38. The number of carbonyl (C=O) groups excluding carboxylic acids is 1. The molecule has 0 saturated carbocycles. The van der Waals surface area contributed by atoms with Crippen molar-refractivity contribution in [1.29, 1.82) is 0 Å². The van der Waals surface area contributed by atoms with E-state index in [1.54, 1.807) is 24.1 Å². The number of nitrogens with zero attached hydrogens (tertiary/aromatic N) is 1. The van der Waals surface area contributed by atoms with Gasteiger partial charge in [-0.1, -0.05) is 29.8 Å². The molecule has 4 heteroatoms. The monoisotopic (exact) mass is 291 g/mol. The maximum absolute atomic E-state index is 14.0. The predicted octanol–water partition coefficient (Wildman–Crippen LogP) is 4.49. The van der Waals surface area contributed by atoms with E-state index < -0.39 is 5.82 Å². The topological polar surface area (TPSA) is 20.3 Å². The average Bonchev–Trinajstić information content (AvgIpc) is 2.45. The van der Waals surface area contributed by atoms with E-state index in [2.05, 4.69) is 0 Å². The molecule has 0 N–H and O–H groups in total. The first-order valence-electron chi connectivity index (χ1n) is 6.26. The van der Waals surface area contributed by atoms with Gasteiger partial charge in [-0.3, -0.25) is 4.79 Å². The van der Waals surface area contributed by atoms with E-state index in [4.69, 9.17) is 11.6 Å². The van der Waals surface area contributed by atoms with Crippen molar-refractivity contribution >= 4 is 23.6 Å². The average molecular weight is 292 g/mol. The van der Waals surface area contributed by atoms with E-state index in [0.717, 1.165) is 5.56 Å². The van der Waals surface area contributed by atoms with Gasteiger partial charge in [0.15, 0.2) is 6.29 Å². The minimum atomic E-state index is -0.411. The van der Waals surface area contributed by atoms with Crippen LogP contribution in [0.1, 0.15) is 28.9 Å². The summed E-state index contributed by atoms with van der Waals surface area (Å²) in [7, 11) is 1.76. The summed E-state index contributed by atoms with van der Waals surface area (Å²) in [6.07, 6.45) is 0.666. The van der Waals surface area contributed by atoms with Gasteiger partial charge in [0.2, 0.25) is 0 Å². The van der Waals surface area contributed by atoms with Crippen LogP contribution in [-0.4, -0.2) is 13.3 Å². The van der Waals surface area contributed by atoms with Gasteiger partial charge in [0.1, 0.15) is 5.82 Å². The third kappa shape index (κ3) is 2.83. The Morgan fingerprint density at radius 3 is 2.60 bits per heavy atom. The zero-order valence-electron chi connectivity index (χ0n) is 11.3. The first-order chi connectivity index (χ1) is 9.54. The SMILES string of the molecule is CC(c1cccc(Cl)c1)N(C)c1c(F)cccc1C=O. The summed E-state index contributed by atoms with van der Waals surface area (Å²) in [6.45, 7) is 1.94. The summed E-state index contributed by atoms with van der Waals surface area (Å²) in [4.78, 5) is 12.8. The van der Waals surface area contributed by atoms with E-state index in [-0.39, 0.29) is 6.04 Å². The summed E-state index contributed by atoms with van der Waals surface area (Å²) < 4.78 is 14.0. The van der Waals surface area contributed by atoms with Gasteiger partial charge in [0.05, 0.1) is 11.7 Å². The second-order valence-electron chi connectivity index (χ2n) is 4.64. The van der Waals surface area contributed by atoms with Crippen LogP contribution in [0.3, 0.4) is 0 Å². The molecule has 0 bridgehead atoms. The van der Waals surface area contributed by atoms with Gasteiger partial charge >= 0.3 is 0 Å². The highest BCUT2D eigenvalue weighted by molar-refractivity contribution is 6.30. The maximum Gasteiger partial charge on any atom is 0.152 e. The van der Waals surface area contributed by atoms with Gasteiger partial charge in [-0.15, -0.1) is 0 Å². The Kier molecular flexibility index (Phi) is 4.40. The van der Waals surface area contributed by atoms with Gasteiger partial charge in [-0.05, 0) is 36.8 Å². The first kappa shape index (κ1) is 14.5. The van der Waals surface area contributed by atoms with Gasteiger partial charge in [0, 0.05) is 17.6 Å². The second-order valence-corrected chi connectivity index (χ2v) is 5.07. The van der Waals surface area contributed by atoms with Crippen molar-refractivity contribution in [3.05, 3.63) is 64.4 Å². The molecule has 2 rings (SSSR count). The molecule has 0 aliphatic heterocycles. The van der Waals surface area contributed by atoms with Crippen molar-refractivity contribution in [3.8, 4) is 0 Å². The Morgan fingerprint density at radius 1 is 1.25 bits per heavy atom. The van der Waals surface area contributed by atoms with Crippen LogP contribution in [-0.2, 0) is 0 Å². The van der Waals surface area contributed by atoms with Gasteiger partial charge in [0.25, 0.3) is 0 Å². The van der Waals surface area contributed by atoms with Crippen molar-refractivity contribution in [1.82, 2.24) is 0 Å². The lowest BCUT2D eigenvalue weighted by Crippen LogP contribution is -2.24. The lowest BCUT2D eigenvalue weighted by Gasteiger charge is -2.29. The molecule has 0 spiro atoms. The van der Waals surface area contributed by atoms with Crippen molar-refractivity contribution in [2.75, 3.05) is 11.9 Å². The lowest BCUT2D eigenvalue weighted by molar-refractivity contribution is 0.112. The Morgan fingerprint density at radius 2 is 1.95 bits per heavy atom. The highest BCUT2D eigenvalue weighted by Crippen LogP contribution is 2.30.